The van der Waals surface area contributed by atoms with Crippen molar-refractivity contribution in [1.29, 1.82) is 0 Å². The van der Waals surface area contributed by atoms with E-state index in [0.717, 1.165) is 51.4 Å². The van der Waals surface area contributed by atoms with Gasteiger partial charge in [-0.25, -0.2) is 4.79 Å². The lowest BCUT2D eigenvalue weighted by Crippen LogP contribution is -2.55. The van der Waals surface area contributed by atoms with Gasteiger partial charge in [0.25, 0.3) is 0 Å². The smallest absolute Gasteiger partial charge is 0.411 e. The first kappa shape index (κ1) is 26.7. The minimum atomic E-state index is -1.92. The van der Waals surface area contributed by atoms with Crippen LogP contribution in [0.5, 0.6) is 0 Å². The minimum absolute atomic E-state index is 0.148. The Morgan fingerprint density at radius 3 is 2.06 bits per heavy atom. The molecule has 190 valence electrons. The molecule has 2 bridgehead atoms. The van der Waals surface area contributed by atoms with E-state index in [1.807, 2.05) is 27.9 Å². The third-order valence-corrected chi connectivity index (χ3v) is 13.3. The molecule has 2 heterocycles. The Morgan fingerprint density at radius 1 is 1.00 bits per heavy atom. The fourth-order valence-electron chi connectivity index (χ4n) is 5.56. The highest BCUT2D eigenvalue weighted by atomic mass is 28.4. The molecular formula is C27H49NO4Si. The molecule has 0 unspecified atom stereocenters. The maximum Gasteiger partial charge on any atom is 0.411 e. The van der Waals surface area contributed by atoms with Crippen LogP contribution in [0.3, 0.4) is 0 Å². The number of fused-ring (bicyclic) bond motifs is 2. The number of ether oxygens (including phenoxy) is 2. The van der Waals surface area contributed by atoms with E-state index in [4.69, 9.17) is 13.9 Å². The van der Waals surface area contributed by atoms with Crippen molar-refractivity contribution < 1.29 is 18.7 Å². The molecule has 3 aliphatic rings. The summed E-state index contributed by atoms with van der Waals surface area (Å²) in [6.45, 7) is 17.9. The molecule has 0 aromatic carbocycles. The second-order valence-corrected chi connectivity index (χ2v) is 18.1. The molecule has 0 N–H and O–H groups in total. The Bertz CT molecular complexity index is 717. The second kappa shape index (κ2) is 9.31. The quantitative estimate of drug-likeness (QED) is 0.302. The molecule has 1 amide bonds. The number of methoxy groups -OCH3 is 1. The van der Waals surface area contributed by atoms with E-state index < -0.39 is 13.9 Å². The molecule has 2 saturated heterocycles. The summed E-state index contributed by atoms with van der Waals surface area (Å²) in [6.07, 6.45) is 13.5. The van der Waals surface area contributed by atoms with Crippen LogP contribution in [0.25, 0.3) is 0 Å². The Labute approximate surface area is 203 Å². The van der Waals surface area contributed by atoms with Crippen molar-refractivity contribution >= 4 is 14.4 Å². The molecule has 33 heavy (non-hydrogen) atoms. The van der Waals surface area contributed by atoms with Gasteiger partial charge in [0, 0.05) is 7.11 Å². The number of hydrogen-bond donors (Lipinski definition) is 0. The topological polar surface area (TPSA) is 48.0 Å². The van der Waals surface area contributed by atoms with Crippen LogP contribution in [0.15, 0.2) is 12.2 Å². The predicted octanol–water partition coefficient (Wildman–Crippen LogP) is 7.07. The highest BCUT2D eigenvalue weighted by Crippen LogP contribution is 2.55. The monoisotopic (exact) mass is 479 g/mol. The van der Waals surface area contributed by atoms with Gasteiger partial charge < -0.3 is 13.9 Å². The van der Waals surface area contributed by atoms with Gasteiger partial charge in [0.1, 0.15) is 5.60 Å². The van der Waals surface area contributed by atoms with Crippen molar-refractivity contribution in [3.63, 3.8) is 0 Å². The molecule has 3 fully saturated rings. The molecule has 3 rings (SSSR count). The van der Waals surface area contributed by atoms with Gasteiger partial charge >= 0.3 is 6.09 Å². The van der Waals surface area contributed by atoms with Crippen LogP contribution in [0.1, 0.15) is 92.9 Å². The van der Waals surface area contributed by atoms with Crippen molar-refractivity contribution in [2.24, 2.45) is 5.92 Å². The first-order chi connectivity index (χ1) is 15.1. The zero-order chi connectivity index (χ0) is 24.7. The average molecular weight is 480 g/mol. The summed E-state index contributed by atoms with van der Waals surface area (Å²) in [5.74, 6) is 0.574. The van der Waals surface area contributed by atoms with Gasteiger partial charge in [-0.2, -0.15) is 0 Å². The first-order valence-electron chi connectivity index (χ1n) is 13.0. The molecule has 0 aromatic heterocycles. The summed E-state index contributed by atoms with van der Waals surface area (Å²) in [5.41, 5.74) is -1.00. The van der Waals surface area contributed by atoms with Gasteiger partial charge in [0.15, 0.2) is 8.32 Å². The molecule has 1 aliphatic carbocycles. The van der Waals surface area contributed by atoms with Crippen molar-refractivity contribution in [1.82, 2.24) is 4.90 Å². The lowest BCUT2D eigenvalue weighted by Gasteiger charge is -2.43. The summed E-state index contributed by atoms with van der Waals surface area (Å²) in [4.78, 5) is 15.7. The zero-order valence-corrected chi connectivity index (χ0v) is 23.8. The summed E-state index contributed by atoms with van der Waals surface area (Å²) in [5, 5.41) is 0.148. The van der Waals surface area contributed by atoms with Crippen molar-refractivity contribution in [3.8, 4) is 0 Å². The molecule has 2 aliphatic heterocycles. The highest BCUT2D eigenvalue weighted by Gasteiger charge is 2.63. The first-order valence-corrected chi connectivity index (χ1v) is 15.9. The number of allylic oxidation sites excluding steroid dienone is 1. The van der Waals surface area contributed by atoms with Crippen LogP contribution >= 0.6 is 0 Å². The van der Waals surface area contributed by atoms with Crippen LogP contribution in [0, 0.1) is 5.92 Å². The molecule has 0 aromatic rings. The maximum atomic E-state index is 13.6. The fraction of sp³-hybridized carbons (Fsp3) is 0.889. The summed E-state index contributed by atoms with van der Waals surface area (Å²) >= 11 is 0. The number of rotatable bonds is 6. The van der Waals surface area contributed by atoms with Crippen LogP contribution in [0.2, 0.25) is 18.1 Å². The van der Waals surface area contributed by atoms with E-state index >= 15 is 0 Å². The third-order valence-electron chi connectivity index (χ3n) is 8.78. The van der Waals surface area contributed by atoms with Gasteiger partial charge in [-0.05, 0) is 96.2 Å². The number of amides is 1. The van der Waals surface area contributed by atoms with Crippen LogP contribution < -0.4 is 0 Å². The second-order valence-electron chi connectivity index (χ2n) is 13.3. The van der Waals surface area contributed by atoms with E-state index in [1.165, 1.54) is 0 Å². The number of carbonyl (C=O) groups is 1. The zero-order valence-electron chi connectivity index (χ0n) is 22.8. The van der Waals surface area contributed by atoms with Crippen molar-refractivity contribution in [3.05, 3.63) is 12.2 Å². The van der Waals surface area contributed by atoms with Gasteiger partial charge in [0.05, 0.1) is 23.8 Å². The Morgan fingerprint density at radius 2 is 1.58 bits per heavy atom. The fourth-order valence-corrected chi connectivity index (χ4v) is 6.63. The van der Waals surface area contributed by atoms with Crippen molar-refractivity contribution in [2.75, 3.05) is 13.7 Å². The van der Waals surface area contributed by atoms with Gasteiger partial charge in [-0.15, -0.1) is 0 Å². The molecule has 5 nitrogen and oxygen atoms in total. The standard InChI is InChI=1S/C27H49NO4Si/c1-24(2,3)32-23(29)28-26(15-14-21-10-12-22(30-7)13-11-21)16-18-27(28,19-17-26)20-31-33(8,9)25(4,5)6/h14-15,21-22H,10-13,16-20H2,1-9H3/b15-14+/t21-,22-,26?,27?. The summed E-state index contributed by atoms with van der Waals surface area (Å²) < 4.78 is 18.2. The lowest BCUT2D eigenvalue weighted by atomic mass is 9.80. The Kier molecular flexibility index (Phi) is 7.54. The summed E-state index contributed by atoms with van der Waals surface area (Å²) in [7, 11) is -0.0965. The normalized spacial score (nSPS) is 33.2. The van der Waals surface area contributed by atoms with Gasteiger partial charge in [-0.3, -0.25) is 4.90 Å². The Balaban J connectivity index is 1.82. The molecule has 0 spiro atoms. The molecule has 6 heteroatoms. The molecule has 0 radical (unpaired) electrons. The highest BCUT2D eigenvalue weighted by molar-refractivity contribution is 6.74. The van der Waals surface area contributed by atoms with E-state index in [2.05, 4.69) is 50.9 Å². The van der Waals surface area contributed by atoms with Gasteiger partial charge in [-0.1, -0.05) is 32.9 Å². The lowest BCUT2D eigenvalue weighted by molar-refractivity contribution is -0.00686. The van der Waals surface area contributed by atoms with E-state index in [0.29, 0.717) is 18.6 Å². The minimum Gasteiger partial charge on any atom is -0.444 e. The van der Waals surface area contributed by atoms with Crippen LogP contribution in [0.4, 0.5) is 4.79 Å². The average Bonchev–Trinajstić information content (AvgIpc) is 3.20. The SMILES string of the molecule is CO[C@H]1CC[C@H](/C=C/C23CCC(CO[Si](C)(C)C(C)(C)C)(CC2)N3C(=O)OC(C)(C)C)CC1. The maximum absolute atomic E-state index is 13.6. The summed E-state index contributed by atoms with van der Waals surface area (Å²) in [6, 6.07) is 0. The number of nitrogens with zero attached hydrogens (tertiary/aromatic N) is 1. The van der Waals surface area contributed by atoms with Crippen LogP contribution in [-0.2, 0) is 13.9 Å². The van der Waals surface area contributed by atoms with E-state index in [9.17, 15) is 4.79 Å². The molecule has 0 atom stereocenters. The molecular weight excluding hydrogens is 430 g/mol. The third kappa shape index (κ3) is 5.70. The van der Waals surface area contributed by atoms with E-state index in [-0.39, 0.29) is 22.2 Å². The number of hydrogen-bond acceptors (Lipinski definition) is 4. The van der Waals surface area contributed by atoms with E-state index in [1.54, 1.807) is 0 Å². The molecule has 1 saturated carbocycles. The Hall–Kier alpha value is -0.853. The predicted molar refractivity (Wildman–Crippen MR) is 137 cm³/mol. The van der Waals surface area contributed by atoms with Crippen LogP contribution in [-0.4, -0.2) is 55.8 Å². The number of carbonyl (C=O) groups excluding carboxylic acids is 1. The van der Waals surface area contributed by atoms with Crippen molar-refractivity contribution in [2.45, 2.75) is 134 Å². The largest absolute Gasteiger partial charge is 0.444 e. The van der Waals surface area contributed by atoms with Gasteiger partial charge in [0.2, 0.25) is 0 Å².